The summed E-state index contributed by atoms with van der Waals surface area (Å²) >= 11 is 0. The molecule has 2 aliphatic rings. The Morgan fingerprint density at radius 3 is 2.37 bits per heavy atom. The van der Waals surface area contributed by atoms with Crippen LogP contribution < -0.4 is 10.6 Å². The predicted molar refractivity (Wildman–Crippen MR) is 186 cm³/mol. The van der Waals surface area contributed by atoms with Crippen LogP contribution in [-0.4, -0.2) is 92.9 Å². The lowest BCUT2D eigenvalue weighted by Gasteiger charge is -2.32. The highest BCUT2D eigenvalue weighted by atomic mass is 16.6. The number of nitrogens with zero attached hydrogens (tertiary/aromatic N) is 4. The Morgan fingerprint density at radius 2 is 1.77 bits per heavy atom. The van der Waals surface area contributed by atoms with Gasteiger partial charge in [-0.2, -0.15) is 10.4 Å². The molecule has 1 saturated carbocycles. The second-order valence-corrected chi connectivity index (χ2v) is 16.0. The number of hydrogen-bond donors (Lipinski definition) is 3. The number of esters is 2. The second-order valence-electron chi connectivity index (χ2n) is 16.0. The number of nitrogens with one attached hydrogen (secondary N) is 2. The molecule has 16 nitrogen and oxygen atoms in total. The molecule has 5 atom stereocenters. The molecule has 286 valence electrons. The van der Waals surface area contributed by atoms with Crippen LogP contribution in [0.1, 0.15) is 99.6 Å². The van der Waals surface area contributed by atoms with E-state index in [2.05, 4.69) is 20.7 Å². The second kappa shape index (κ2) is 15.7. The maximum atomic E-state index is 13.9. The number of aliphatic hydroxyl groups excluding tert-OH is 1. The van der Waals surface area contributed by atoms with Gasteiger partial charge in [-0.3, -0.25) is 9.59 Å². The number of aliphatic hydroxyl groups is 1. The van der Waals surface area contributed by atoms with Crippen molar-refractivity contribution >= 4 is 35.3 Å². The molecular formula is C36H52N6O10. The maximum absolute atomic E-state index is 13.9. The summed E-state index contributed by atoms with van der Waals surface area (Å²) in [6, 6.07) is 3.77. The molecule has 1 aliphatic carbocycles. The Hall–Kier alpha value is -4.33. The fraction of sp³-hybridized carbons (Fsp3) is 0.694. The van der Waals surface area contributed by atoms with E-state index in [9.17, 15) is 29.5 Å². The molecule has 52 heavy (non-hydrogen) atoms. The first-order chi connectivity index (χ1) is 24.2. The smallest absolute Gasteiger partial charge is 0.408 e. The molecule has 3 N–H and O–H groups in total. The van der Waals surface area contributed by atoms with Crippen molar-refractivity contribution in [2.75, 3.05) is 19.0 Å². The minimum absolute atomic E-state index is 0.0257. The molecule has 2 fully saturated rings. The van der Waals surface area contributed by atoms with Crippen LogP contribution in [0.4, 0.5) is 10.6 Å². The highest BCUT2D eigenvalue weighted by Crippen LogP contribution is 2.42. The van der Waals surface area contributed by atoms with Gasteiger partial charge in [-0.1, -0.05) is 40.0 Å². The van der Waals surface area contributed by atoms with Crippen molar-refractivity contribution in [3.8, 4) is 6.07 Å². The molecule has 0 bridgehead atoms. The fourth-order valence-corrected chi connectivity index (χ4v) is 6.22. The zero-order valence-corrected chi connectivity index (χ0v) is 31.5. The number of carbonyl (C=O) groups excluding carboxylic acids is 4. The van der Waals surface area contributed by atoms with Gasteiger partial charge in [-0.25, -0.2) is 19.1 Å². The van der Waals surface area contributed by atoms with Crippen LogP contribution in [0.25, 0.3) is 5.52 Å². The number of aromatic nitrogens is 3. The molecular weight excluding hydrogens is 676 g/mol. The standard InChI is InChI=1S/C36H52N6O10/c1-33(2,3)27(40-32(47)52-34(4,5)6)30(45)50-26-23(18-49-25(43)17-21-13-11-10-12-14-21)51-36(19-37,28(26)44)24-16-15-22-29(38-20-39-42(22)24)41-31(46)35(7,8)48-9/h15-16,20-21,23,26-28,44H,10-14,17-18H2,1-9H3,(H,40,47)(H,38,39,41,46)/t23-,26-,27+,28-,36+/m1/s1. The molecule has 2 aromatic heterocycles. The van der Waals surface area contributed by atoms with Crippen molar-refractivity contribution in [1.82, 2.24) is 19.9 Å². The number of alkyl carbamates (subject to hydrolysis) is 1. The Labute approximate surface area is 303 Å². The number of ether oxygens (including phenoxy) is 5. The van der Waals surface area contributed by atoms with Gasteiger partial charge in [0.15, 0.2) is 11.9 Å². The first-order valence-electron chi connectivity index (χ1n) is 17.5. The number of methoxy groups -OCH3 is 1. The third-order valence-corrected chi connectivity index (χ3v) is 9.32. The molecule has 3 heterocycles. The van der Waals surface area contributed by atoms with Gasteiger partial charge >= 0.3 is 18.0 Å². The minimum Gasteiger partial charge on any atom is -0.463 e. The molecule has 16 heteroatoms. The van der Waals surface area contributed by atoms with Crippen molar-refractivity contribution in [2.24, 2.45) is 11.3 Å². The first-order valence-corrected chi connectivity index (χ1v) is 17.5. The van der Waals surface area contributed by atoms with E-state index in [0.717, 1.165) is 38.4 Å². The summed E-state index contributed by atoms with van der Waals surface area (Å²) in [5, 5.41) is 32.1. The van der Waals surface area contributed by atoms with E-state index in [0.29, 0.717) is 0 Å². The predicted octanol–water partition coefficient (Wildman–Crippen LogP) is 3.94. The van der Waals surface area contributed by atoms with E-state index in [1.165, 1.54) is 23.8 Å². The van der Waals surface area contributed by atoms with Crippen molar-refractivity contribution in [3.05, 3.63) is 24.2 Å². The summed E-state index contributed by atoms with van der Waals surface area (Å²) in [4.78, 5) is 56.7. The van der Waals surface area contributed by atoms with Crippen LogP contribution in [0.15, 0.2) is 18.5 Å². The average molecular weight is 729 g/mol. The molecule has 4 rings (SSSR count). The minimum atomic E-state index is -2.21. The van der Waals surface area contributed by atoms with Gasteiger partial charge < -0.3 is 39.4 Å². The number of hydrogen-bond acceptors (Lipinski definition) is 13. The van der Waals surface area contributed by atoms with E-state index in [-0.39, 0.29) is 29.4 Å². The molecule has 0 radical (unpaired) electrons. The number of carbonyl (C=O) groups is 4. The molecule has 1 saturated heterocycles. The summed E-state index contributed by atoms with van der Waals surface area (Å²) < 4.78 is 29.7. The zero-order chi connectivity index (χ0) is 38.6. The lowest BCUT2D eigenvalue weighted by Crippen LogP contribution is -2.53. The molecule has 2 amide bonds. The summed E-state index contributed by atoms with van der Waals surface area (Å²) in [6.45, 7) is 12.9. The van der Waals surface area contributed by atoms with Crippen LogP contribution in [0, 0.1) is 22.7 Å². The number of fused-ring (bicyclic) bond motifs is 1. The van der Waals surface area contributed by atoms with Gasteiger partial charge in [-0.15, -0.1) is 0 Å². The van der Waals surface area contributed by atoms with Gasteiger partial charge in [-0.05, 0) is 70.9 Å². The van der Waals surface area contributed by atoms with Crippen LogP contribution in [0.5, 0.6) is 0 Å². The summed E-state index contributed by atoms with van der Waals surface area (Å²) in [6.07, 6.45) is 0.814. The van der Waals surface area contributed by atoms with Crippen molar-refractivity contribution in [3.63, 3.8) is 0 Å². The lowest BCUT2D eigenvalue weighted by molar-refractivity contribution is -0.164. The highest BCUT2D eigenvalue weighted by molar-refractivity contribution is 5.98. The monoisotopic (exact) mass is 728 g/mol. The number of anilines is 1. The third kappa shape index (κ3) is 9.17. The molecule has 0 aromatic carbocycles. The first kappa shape index (κ1) is 40.4. The van der Waals surface area contributed by atoms with Gasteiger partial charge in [0, 0.05) is 13.5 Å². The summed E-state index contributed by atoms with van der Waals surface area (Å²) in [7, 11) is 1.39. The van der Waals surface area contributed by atoms with E-state index < -0.39 is 77.1 Å². The summed E-state index contributed by atoms with van der Waals surface area (Å²) in [5.41, 5.74) is -4.87. The van der Waals surface area contributed by atoms with Crippen LogP contribution >= 0.6 is 0 Å². The van der Waals surface area contributed by atoms with Gasteiger partial charge in [0.25, 0.3) is 5.91 Å². The Balaban J connectivity index is 1.68. The normalized spacial score (nSPS) is 23.4. The van der Waals surface area contributed by atoms with Gasteiger partial charge in [0.05, 0.1) is 5.69 Å². The lowest BCUT2D eigenvalue weighted by atomic mass is 9.86. The van der Waals surface area contributed by atoms with Crippen LogP contribution in [0.3, 0.4) is 0 Å². The Bertz CT molecular complexity index is 1670. The molecule has 1 aliphatic heterocycles. The van der Waals surface area contributed by atoms with Gasteiger partial charge in [0.2, 0.25) is 5.60 Å². The number of amides is 2. The topological polar surface area (TPSA) is 213 Å². The van der Waals surface area contributed by atoms with Crippen LogP contribution in [-0.2, 0) is 43.7 Å². The quantitative estimate of drug-likeness (QED) is 0.221. The van der Waals surface area contributed by atoms with E-state index in [4.69, 9.17) is 23.7 Å². The largest absolute Gasteiger partial charge is 0.463 e. The van der Waals surface area contributed by atoms with E-state index in [1.54, 1.807) is 55.4 Å². The zero-order valence-electron chi connectivity index (χ0n) is 31.5. The number of nitriles is 1. The van der Waals surface area contributed by atoms with Crippen LogP contribution in [0.2, 0.25) is 0 Å². The molecule has 0 spiro atoms. The van der Waals surface area contributed by atoms with Crippen molar-refractivity contribution < 1.29 is 48.0 Å². The molecule has 2 aromatic rings. The third-order valence-electron chi connectivity index (χ3n) is 9.32. The average Bonchev–Trinajstić information content (AvgIpc) is 3.61. The SMILES string of the molecule is COC(C)(C)C(=O)Nc1ncnn2c([C@]3(C#N)O[C@H](COC(=O)CC4CCCCC4)[C@@H](OC(=O)[C@H](NC(=O)OC(C)(C)C)C(C)(C)C)[C@H]3O)ccc12. The maximum Gasteiger partial charge on any atom is 0.408 e. The molecule has 0 unspecified atom stereocenters. The van der Waals surface area contributed by atoms with E-state index in [1.807, 2.05) is 6.07 Å². The highest BCUT2D eigenvalue weighted by Gasteiger charge is 2.60. The fourth-order valence-electron chi connectivity index (χ4n) is 6.22. The Morgan fingerprint density at radius 1 is 1.10 bits per heavy atom. The van der Waals surface area contributed by atoms with E-state index >= 15 is 0 Å². The number of rotatable bonds is 11. The van der Waals surface area contributed by atoms with Gasteiger partial charge in [0.1, 0.15) is 54.0 Å². The summed E-state index contributed by atoms with van der Waals surface area (Å²) in [5.74, 6) is -1.64. The Kier molecular flexibility index (Phi) is 12.2. The van der Waals surface area contributed by atoms with Crippen molar-refractivity contribution in [1.29, 1.82) is 5.26 Å². The van der Waals surface area contributed by atoms with Crippen molar-refractivity contribution in [2.45, 2.75) is 135 Å².